The number of allylic oxidation sites excluding steroid dienone is 2. The summed E-state index contributed by atoms with van der Waals surface area (Å²) >= 11 is 0. The van der Waals surface area contributed by atoms with Crippen molar-refractivity contribution in [2.24, 2.45) is 11.8 Å². The Balaban J connectivity index is 0.000000588. The van der Waals surface area contributed by atoms with Crippen LogP contribution in [0.1, 0.15) is 51.2 Å². The number of aliphatic hydroxyl groups excluding tert-OH is 1. The molecule has 1 aromatic rings. The molecule has 1 saturated heterocycles. The number of nitrogens with zero attached hydrogens (tertiary/aromatic N) is 2. The maximum Gasteiger partial charge on any atom is 0.252 e. The molecule has 34 heavy (non-hydrogen) atoms. The minimum absolute atomic E-state index is 0.0665. The molecule has 5 nitrogen and oxygen atoms in total. The largest absolute Gasteiger partial charge is 0.496 e. The van der Waals surface area contributed by atoms with Crippen LogP contribution in [-0.2, 0) is 4.79 Å². The van der Waals surface area contributed by atoms with Crippen molar-refractivity contribution in [1.82, 2.24) is 9.80 Å². The smallest absolute Gasteiger partial charge is 0.252 e. The minimum atomic E-state index is 0.0665. The zero-order chi connectivity index (χ0) is 24.7. The van der Waals surface area contributed by atoms with Crippen LogP contribution in [0, 0.1) is 18.8 Å². The summed E-state index contributed by atoms with van der Waals surface area (Å²) in [5, 5.41) is 10.2. The number of rotatable bonds is 6. The topological polar surface area (TPSA) is 53.0 Å². The van der Waals surface area contributed by atoms with E-state index in [1.54, 1.807) is 13.2 Å². The molecule has 1 fully saturated rings. The van der Waals surface area contributed by atoms with E-state index in [0.717, 1.165) is 60.6 Å². The summed E-state index contributed by atoms with van der Waals surface area (Å²) in [7, 11) is 2.21. The summed E-state index contributed by atoms with van der Waals surface area (Å²) in [6.45, 7) is 11.7. The number of carbonyl (C=O) groups is 1. The summed E-state index contributed by atoms with van der Waals surface area (Å²) in [6, 6.07) is 6.13. The van der Waals surface area contributed by atoms with Crippen LogP contribution in [-0.4, -0.2) is 59.9 Å². The molecule has 0 radical (unpaired) electrons. The summed E-state index contributed by atoms with van der Waals surface area (Å²) in [5.74, 6) is 2.43. The second-order valence-corrected chi connectivity index (χ2v) is 11.1. The zero-order valence-electron chi connectivity index (χ0n) is 21.4. The molecule has 1 N–H and O–H groups in total. The van der Waals surface area contributed by atoms with E-state index in [1.165, 1.54) is 12.0 Å². The van der Waals surface area contributed by atoms with Gasteiger partial charge in [0, 0.05) is 18.8 Å². The molecular formula is C28H41N2O3P. The number of carbonyl (C=O) groups excluding carboxylic acids is 1. The quantitative estimate of drug-likeness (QED) is 0.549. The van der Waals surface area contributed by atoms with E-state index >= 15 is 0 Å². The Kier molecular flexibility index (Phi) is 9.94. The molecule has 4 rings (SSSR count). The molecule has 6 heteroatoms. The fraction of sp³-hybridized carbons (Fsp3) is 0.536. The van der Waals surface area contributed by atoms with E-state index in [0.29, 0.717) is 14.5 Å². The van der Waals surface area contributed by atoms with Gasteiger partial charge in [0.15, 0.2) is 0 Å². The van der Waals surface area contributed by atoms with Crippen molar-refractivity contribution in [3.8, 4) is 5.75 Å². The number of ether oxygens (including phenoxy) is 1. The van der Waals surface area contributed by atoms with Crippen molar-refractivity contribution < 1.29 is 14.6 Å². The summed E-state index contributed by atoms with van der Waals surface area (Å²) in [5.41, 5.74) is 3.45. The Bertz CT molecular complexity index is 930. The molecule has 0 bridgehead atoms. The SMILES string of the molecule is CCC(C)C.COc1ccc(C2=CC(=O)N3C=C(C4CCN(CCO)CC4)C=CC3P2)cc1C. The molecule has 3 aliphatic rings. The number of likely N-dealkylation sites (tertiary alicyclic amines) is 1. The first-order valence-electron chi connectivity index (χ1n) is 12.5. The predicted molar refractivity (Wildman–Crippen MR) is 143 cm³/mol. The number of amides is 1. The van der Waals surface area contributed by atoms with Crippen molar-refractivity contribution in [2.45, 2.75) is 52.7 Å². The average molecular weight is 485 g/mol. The van der Waals surface area contributed by atoms with Gasteiger partial charge < -0.3 is 19.6 Å². The van der Waals surface area contributed by atoms with Gasteiger partial charge in [0.05, 0.1) is 19.5 Å². The van der Waals surface area contributed by atoms with Gasteiger partial charge in [0.2, 0.25) is 0 Å². The van der Waals surface area contributed by atoms with Gasteiger partial charge in [0.1, 0.15) is 5.75 Å². The Morgan fingerprint density at radius 3 is 2.53 bits per heavy atom. The van der Waals surface area contributed by atoms with E-state index < -0.39 is 0 Å². The molecular weight excluding hydrogens is 443 g/mol. The zero-order valence-corrected chi connectivity index (χ0v) is 22.4. The summed E-state index contributed by atoms with van der Waals surface area (Å²) in [6.07, 6.45) is 11.8. The van der Waals surface area contributed by atoms with Crippen LogP contribution in [0.2, 0.25) is 0 Å². The lowest BCUT2D eigenvalue weighted by molar-refractivity contribution is -0.123. The maximum absolute atomic E-state index is 12.9. The molecule has 3 heterocycles. The van der Waals surface area contributed by atoms with E-state index in [2.05, 4.69) is 50.1 Å². The Hall–Kier alpha value is -1.94. The Morgan fingerprint density at radius 2 is 1.94 bits per heavy atom. The maximum atomic E-state index is 12.9. The van der Waals surface area contributed by atoms with Gasteiger partial charge in [-0.3, -0.25) is 4.79 Å². The number of benzene rings is 1. The molecule has 1 amide bonds. The van der Waals surface area contributed by atoms with Gasteiger partial charge in [0.25, 0.3) is 5.91 Å². The van der Waals surface area contributed by atoms with Gasteiger partial charge in [-0.2, -0.15) is 0 Å². The van der Waals surface area contributed by atoms with Crippen molar-refractivity contribution in [3.05, 3.63) is 59.3 Å². The Labute approximate surface area is 207 Å². The molecule has 0 aliphatic carbocycles. The molecule has 3 aliphatic heterocycles. The molecule has 0 spiro atoms. The lowest BCUT2D eigenvalue weighted by Gasteiger charge is -2.37. The van der Waals surface area contributed by atoms with Crippen LogP contribution >= 0.6 is 8.58 Å². The van der Waals surface area contributed by atoms with Gasteiger partial charge in [-0.25, -0.2) is 0 Å². The van der Waals surface area contributed by atoms with Crippen LogP contribution in [0.5, 0.6) is 5.75 Å². The third kappa shape index (κ3) is 6.81. The monoisotopic (exact) mass is 484 g/mol. The Morgan fingerprint density at radius 1 is 1.24 bits per heavy atom. The van der Waals surface area contributed by atoms with Crippen molar-refractivity contribution in [2.75, 3.05) is 33.4 Å². The third-order valence-corrected chi connectivity index (χ3v) is 8.39. The minimum Gasteiger partial charge on any atom is -0.496 e. The van der Waals surface area contributed by atoms with Gasteiger partial charge >= 0.3 is 0 Å². The predicted octanol–water partition coefficient (Wildman–Crippen LogP) is 5.40. The van der Waals surface area contributed by atoms with Crippen LogP contribution in [0.15, 0.2) is 48.2 Å². The highest BCUT2D eigenvalue weighted by atomic mass is 31.1. The summed E-state index contributed by atoms with van der Waals surface area (Å²) in [4.78, 5) is 17.1. The van der Waals surface area contributed by atoms with Gasteiger partial charge in [-0.1, -0.05) is 54.0 Å². The molecule has 2 atom stereocenters. The number of β-amino-alcohol motifs (C(OH)–C–C–N with tert-alkyl or cyclic N) is 1. The number of methoxy groups -OCH3 is 1. The lowest BCUT2D eigenvalue weighted by atomic mass is 9.88. The van der Waals surface area contributed by atoms with E-state index in [1.807, 2.05) is 24.0 Å². The number of hydrogen-bond acceptors (Lipinski definition) is 4. The highest BCUT2D eigenvalue weighted by Crippen LogP contribution is 2.45. The first kappa shape index (κ1) is 26.7. The van der Waals surface area contributed by atoms with Crippen LogP contribution in [0.25, 0.3) is 5.31 Å². The summed E-state index contributed by atoms with van der Waals surface area (Å²) < 4.78 is 5.36. The van der Waals surface area contributed by atoms with Gasteiger partial charge in [-0.05, 0) is 78.8 Å². The number of aliphatic hydroxyl groups is 1. The average Bonchev–Trinajstić information content (AvgIpc) is 2.85. The van der Waals surface area contributed by atoms with Crippen molar-refractivity contribution in [3.63, 3.8) is 0 Å². The van der Waals surface area contributed by atoms with E-state index in [-0.39, 0.29) is 18.3 Å². The van der Waals surface area contributed by atoms with Crippen LogP contribution in [0.4, 0.5) is 0 Å². The molecule has 1 aromatic carbocycles. The van der Waals surface area contributed by atoms with Crippen molar-refractivity contribution in [1.29, 1.82) is 0 Å². The highest BCUT2D eigenvalue weighted by molar-refractivity contribution is 7.51. The first-order chi connectivity index (χ1) is 16.4. The van der Waals surface area contributed by atoms with Crippen LogP contribution < -0.4 is 4.74 Å². The second kappa shape index (κ2) is 12.7. The number of piperidine rings is 1. The lowest BCUT2D eigenvalue weighted by Crippen LogP contribution is -2.38. The highest BCUT2D eigenvalue weighted by Gasteiger charge is 2.31. The normalized spacial score (nSPS) is 21.7. The molecule has 186 valence electrons. The molecule has 0 aromatic heterocycles. The molecule has 0 saturated carbocycles. The van der Waals surface area contributed by atoms with Crippen LogP contribution in [0.3, 0.4) is 0 Å². The number of fused-ring (bicyclic) bond motifs is 1. The first-order valence-corrected chi connectivity index (χ1v) is 13.6. The molecule has 2 unspecified atom stereocenters. The fourth-order valence-corrected chi connectivity index (χ4v) is 5.76. The van der Waals surface area contributed by atoms with E-state index in [9.17, 15) is 4.79 Å². The standard InChI is InChI=1S/C23H29N2O3P.C5H12/c1-16-13-18(3-5-20(16)28-2)21-14-22(27)25-15-19(4-6-23(25)29-21)17-7-9-24(10-8-17)11-12-26;1-4-5(2)3/h3-6,13-15,17,23,26,29H,7-12H2,1-2H3;5H,4H2,1-3H3. The number of aryl methyl sites for hydroxylation is 1. The second-order valence-electron chi connectivity index (χ2n) is 9.71. The van der Waals surface area contributed by atoms with Crippen molar-refractivity contribution >= 4 is 19.8 Å². The third-order valence-electron chi connectivity index (χ3n) is 6.88. The van der Waals surface area contributed by atoms with E-state index in [4.69, 9.17) is 9.84 Å². The van der Waals surface area contributed by atoms with Gasteiger partial charge in [-0.15, -0.1) is 0 Å². The fourth-order valence-electron chi connectivity index (χ4n) is 4.38. The number of hydrogen-bond donors (Lipinski definition) is 1.